The molecule has 0 unspecified atom stereocenters. The number of alkyl halides is 2. The maximum Gasteiger partial charge on any atom is 0.270 e. The van der Waals surface area contributed by atoms with Gasteiger partial charge in [-0.1, -0.05) is 24.3 Å². The van der Waals surface area contributed by atoms with Gasteiger partial charge in [-0.05, 0) is 18.6 Å². The van der Waals surface area contributed by atoms with Gasteiger partial charge < -0.3 is 4.98 Å². The molecule has 0 amide bonds. The second-order valence-electron chi connectivity index (χ2n) is 5.87. The maximum absolute atomic E-state index is 13.3. The summed E-state index contributed by atoms with van der Waals surface area (Å²) in [5.74, 6) is -2.36. The molecule has 2 heterocycles. The Labute approximate surface area is 142 Å². The van der Waals surface area contributed by atoms with Crippen LogP contribution in [0.3, 0.4) is 0 Å². The molecule has 0 bridgehead atoms. The van der Waals surface area contributed by atoms with Crippen LogP contribution in [0.2, 0.25) is 0 Å². The number of hydrogen-bond donors (Lipinski definition) is 1. The minimum atomic E-state index is -2.86. The van der Waals surface area contributed by atoms with Gasteiger partial charge in [0.25, 0.3) is 11.5 Å². The number of rotatable bonds is 4. The first-order valence-corrected chi connectivity index (χ1v) is 7.68. The largest absolute Gasteiger partial charge is 0.311 e. The first kappa shape index (κ1) is 16.9. The molecule has 0 aliphatic heterocycles. The van der Waals surface area contributed by atoms with Crippen LogP contribution in [0, 0.1) is 6.92 Å². The van der Waals surface area contributed by atoms with Gasteiger partial charge in [-0.15, -0.1) is 0 Å². The van der Waals surface area contributed by atoms with E-state index in [1.54, 1.807) is 25.1 Å². The Kier molecular flexibility index (Phi) is 4.39. The molecule has 5 nitrogen and oxygen atoms in total. The Morgan fingerprint density at radius 2 is 1.80 bits per heavy atom. The molecule has 0 fully saturated rings. The summed E-state index contributed by atoms with van der Waals surface area (Å²) in [7, 11) is 0. The number of nitrogens with one attached hydrogen (secondary N) is 1. The first-order valence-electron chi connectivity index (χ1n) is 7.68. The third-order valence-corrected chi connectivity index (χ3v) is 3.69. The number of hydrogen-bond acceptors (Lipinski definition) is 4. The highest BCUT2D eigenvalue weighted by molar-refractivity contribution is 5.53. The van der Waals surface area contributed by atoms with Crippen LogP contribution in [0.1, 0.15) is 29.6 Å². The molecule has 0 aliphatic rings. The van der Waals surface area contributed by atoms with E-state index >= 15 is 0 Å². The number of H-pyrrole nitrogens is 1. The molecule has 0 atom stereocenters. The normalized spacial score (nSPS) is 11.5. The summed E-state index contributed by atoms with van der Waals surface area (Å²) in [4.78, 5) is 26.8. The Morgan fingerprint density at radius 3 is 2.44 bits per heavy atom. The fraction of sp³-hybridized carbons (Fsp3) is 0.222. The van der Waals surface area contributed by atoms with Crippen molar-refractivity contribution in [2.75, 3.05) is 0 Å². The van der Waals surface area contributed by atoms with Gasteiger partial charge in [0.1, 0.15) is 12.2 Å². The van der Waals surface area contributed by atoms with E-state index in [1.807, 2.05) is 0 Å². The topological polar surface area (TPSA) is 71.5 Å². The molecule has 0 saturated heterocycles. The van der Waals surface area contributed by atoms with Crippen LogP contribution in [0.25, 0.3) is 11.4 Å². The van der Waals surface area contributed by atoms with Crippen molar-refractivity contribution in [2.24, 2.45) is 0 Å². The highest BCUT2D eigenvalue weighted by Gasteiger charge is 2.23. The van der Waals surface area contributed by atoms with E-state index in [4.69, 9.17) is 0 Å². The van der Waals surface area contributed by atoms with Crippen molar-refractivity contribution in [3.63, 3.8) is 0 Å². The summed E-state index contributed by atoms with van der Waals surface area (Å²) in [5, 5.41) is 0. The lowest BCUT2D eigenvalue weighted by atomic mass is 10.0. The van der Waals surface area contributed by atoms with Crippen LogP contribution >= 0.6 is 0 Å². The Morgan fingerprint density at radius 1 is 1.08 bits per heavy atom. The van der Waals surface area contributed by atoms with E-state index < -0.39 is 5.92 Å². The number of aromatic nitrogens is 4. The maximum atomic E-state index is 13.3. The fourth-order valence-electron chi connectivity index (χ4n) is 2.47. The van der Waals surface area contributed by atoms with Gasteiger partial charge in [-0.3, -0.25) is 4.79 Å². The Balaban J connectivity index is 1.86. The van der Waals surface area contributed by atoms with E-state index in [1.165, 1.54) is 24.5 Å². The van der Waals surface area contributed by atoms with Crippen LogP contribution in [-0.2, 0) is 12.3 Å². The monoisotopic (exact) mass is 342 g/mol. The number of aromatic amines is 1. The Hall–Kier alpha value is -2.96. The molecule has 128 valence electrons. The van der Waals surface area contributed by atoms with Crippen molar-refractivity contribution in [3.8, 4) is 11.4 Å². The van der Waals surface area contributed by atoms with E-state index in [0.717, 1.165) is 12.5 Å². The van der Waals surface area contributed by atoms with Crippen LogP contribution in [0.15, 0.2) is 47.5 Å². The van der Waals surface area contributed by atoms with Gasteiger partial charge >= 0.3 is 0 Å². The van der Waals surface area contributed by atoms with Crippen molar-refractivity contribution < 1.29 is 8.78 Å². The highest BCUT2D eigenvalue weighted by atomic mass is 19.3. The van der Waals surface area contributed by atoms with Crippen molar-refractivity contribution in [1.29, 1.82) is 0 Å². The zero-order chi connectivity index (χ0) is 18.0. The lowest BCUT2D eigenvalue weighted by molar-refractivity contribution is 0.0174. The summed E-state index contributed by atoms with van der Waals surface area (Å²) in [5.41, 5.74) is 2.29. The molecule has 0 spiro atoms. The molecular formula is C18H16F2N4O. The SMILES string of the molecule is Cc1nc(-c2cc(Cc3ccc(C(C)(F)F)cc3)ncn2)cc(=O)[nH]1. The third-order valence-electron chi connectivity index (χ3n) is 3.69. The van der Waals surface area contributed by atoms with Gasteiger partial charge in [0.15, 0.2) is 0 Å². The molecule has 3 aromatic rings. The molecule has 0 aliphatic carbocycles. The number of nitrogens with zero attached hydrogens (tertiary/aromatic N) is 3. The summed E-state index contributed by atoms with van der Waals surface area (Å²) in [6.45, 7) is 2.56. The van der Waals surface area contributed by atoms with Crippen LogP contribution in [0.5, 0.6) is 0 Å². The molecule has 0 saturated carbocycles. The molecule has 7 heteroatoms. The van der Waals surface area contributed by atoms with Gasteiger partial charge in [-0.2, -0.15) is 0 Å². The second-order valence-corrected chi connectivity index (χ2v) is 5.87. The Bertz CT molecular complexity index is 946. The van der Waals surface area contributed by atoms with Gasteiger partial charge in [0.2, 0.25) is 0 Å². The van der Waals surface area contributed by atoms with Gasteiger partial charge in [0.05, 0.1) is 11.4 Å². The lowest BCUT2D eigenvalue weighted by Gasteiger charge is -2.11. The quantitative estimate of drug-likeness (QED) is 0.790. The smallest absolute Gasteiger partial charge is 0.270 e. The van der Waals surface area contributed by atoms with E-state index in [9.17, 15) is 13.6 Å². The number of halogens is 2. The predicted octanol–water partition coefficient (Wildman–Crippen LogP) is 3.24. The van der Waals surface area contributed by atoms with E-state index in [-0.39, 0.29) is 11.1 Å². The average molecular weight is 342 g/mol. The second kappa shape index (κ2) is 6.51. The van der Waals surface area contributed by atoms with Crippen molar-refractivity contribution in [1.82, 2.24) is 19.9 Å². The summed E-state index contributed by atoms with van der Waals surface area (Å²) in [6.07, 6.45) is 1.87. The fourth-order valence-corrected chi connectivity index (χ4v) is 2.47. The standard InChI is InChI=1S/C18H16F2N4O/c1-11-23-16(9-17(25)24-11)15-8-14(21-10-22-15)7-12-3-5-13(6-4-12)18(2,19)20/h3-6,8-10H,7H2,1-2H3,(H,23,24,25). The zero-order valence-corrected chi connectivity index (χ0v) is 13.8. The van der Waals surface area contributed by atoms with Gasteiger partial charge in [0, 0.05) is 30.7 Å². The van der Waals surface area contributed by atoms with Crippen LogP contribution < -0.4 is 5.56 Å². The molecule has 1 N–H and O–H groups in total. The number of benzene rings is 1. The summed E-state index contributed by atoms with van der Waals surface area (Å²) >= 11 is 0. The van der Waals surface area contributed by atoms with E-state index in [2.05, 4.69) is 19.9 Å². The third kappa shape index (κ3) is 4.12. The highest BCUT2D eigenvalue weighted by Crippen LogP contribution is 2.27. The molecule has 0 radical (unpaired) electrons. The zero-order valence-electron chi connectivity index (χ0n) is 13.8. The predicted molar refractivity (Wildman–Crippen MR) is 89.4 cm³/mol. The molecule has 3 rings (SSSR count). The summed E-state index contributed by atoms with van der Waals surface area (Å²) in [6, 6.07) is 9.26. The molecule has 2 aromatic heterocycles. The number of aryl methyl sites for hydroxylation is 1. The first-order chi connectivity index (χ1) is 11.8. The van der Waals surface area contributed by atoms with E-state index in [0.29, 0.717) is 29.3 Å². The summed E-state index contributed by atoms with van der Waals surface area (Å²) < 4.78 is 26.5. The molecular weight excluding hydrogens is 326 g/mol. The minimum absolute atomic E-state index is 0.0252. The van der Waals surface area contributed by atoms with Gasteiger partial charge in [-0.25, -0.2) is 23.7 Å². The molecule has 1 aromatic carbocycles. The lowest BCUT2D eigenvalue weighted by Crippen LogP contribution is -2.09. The van der Waals surface area contributed by atoms with Crippen molar-refractivity contribution in [3.05, 3.63) is 75.7 Å². The molecule has 25 heavy (non-hydrogen) atoms. The average Bonchev–Trinajstić information content (AvgIpc) is 2.54. The van der Waals surface area contributed by atoms with Crippen LogP contribution in [-0.4, -0.2) is 19.9 Å². The van der Waals surface area contributed by atoms with Crippen LogP contribution in [0.4, 0.5) is 8.78 Å². The minimum Gasteiger partial charge on any atom is -0.311 e. The van der Waals surface area contributed by atoms with Crippen molar-refractivity contribution in [2.45, 2.75) is 26.2 Å². The van der Waals surface area contributed by atoms with Crippen molar-refractivity contribution >= 4 is 0 Å².